The number of hydrogen-bond acceptors (Lipinski definition) is 4. The number of fused-ring (bicyclic) bond motifs is 1. The van der Waals surface area contributed by atoms with Gasteiger partial charge in [-0.1, -0.05) is 6.07 Å². The molecular formula is C12H13N3O2S. The Morgan fingerprint density at radius 2 is 2.39 bits per heavy atom. The second-order valence-electron chi connectivity index (χ2n) is 4.37. The second kappa shape index (κ2) is 4.61. The lowest BCUT2D eigenvalue weighted by molar-refractivity contribution is 0.0688. The number of pyridine rings is 1. The first-order chi connectivity index (χ1) is 8.75. The molecule has 0 radical (unpaired) electrons. The molecule has 1 unspecified atom stereocenters. The molecule has 0 aromatic carbocycles. The van der Waals surface area contributed by atoms with Gasteiger partial charge in [0, 0.05) is 11.7 Å². The van der Waals surface area contributed by atoms with Gasteiger partial charge in [0.1, 0.15) is 11.5 Å². The van der Waals surface area contributed by atoms with Crippen molar-refractivity contribution < 1.29 is 9.90 Å². The van der Waals surface area contributed by atoms with E-state index in [-0.39, 0.29) is 5.69 Å². The van der Waals surface area contributed by atoms with E-state index in [1.54, 1.807) is 22.6 Å². The highest BCUT2D eigenvalue weighted by Crippen LogP contribution is 2.28. The molecule has 1 aliphatic heterocycles. The minimum absolute atomic E-state index is 0.232. The highest BCUT2D eigenvalue weighted by Gasteiger charge is 2.20. The zero-order valence-electron chi connectivity index (χ0n) is 9.74. The van der Waals surface area contributed by atoms with Crippen molar-refractivity contribution in [3.05, 3.63) is 29.7 Å². The third-order valence-corrected chi connectivity index (χ3v) is 4.55. The minimum atomic E-state index is -0.944. The highest BCUT2D eigenvalue weighted by atomic mass is 32.2. The fourth-order valence-corrected chi connectivity index (χ4v) is 3.58. The van der Waals surface area contributed by atoms with Crippen molar-refractivity contribution in [2.45, 2.75) is 24.5 Å². The van der Waals surface area contributed by atoms with E-state index >= 15 is 0 Å². The van der Waals surface area contributed by atoms with Gasteiger partial charge < -0.3 is 5.11 Å². The SMILES string of the molecule is O=C(O)c1cccc2nnc(CC3CCCS3)n12. The number of carboxylic acids is 1. The van der Waals surface area contributed by atoms with Crippen LogP contribution < -0.4 is 0 Å². The van der Waals surface area contributed by atoms with Crippen molar-refractivity contribution >= 4 is 23.4 Å². The van der Waals surface area contributed by atoms with Crippen LogP contribution in [0.2, 0.25) is 0 Å². The first-order valence-corrected chi connectivity index (χ1v) is 6.98. The van der Waals surface area contributed by atoms with Crippen molar-refractivity contribution in [2.24, 2.45) is 0 Å². The van der Waals surface area contributed by atoms with Crippen LogP contribution in [0.5, 0.6) is 0 Å². The Kier molecular flexibility index (Phi) is 2.95. The van der Waals surface area contributed by atoms with E-state index in [0.29, 0.717) is 10.9 Å². The van der Waals surface area contributed by atoms with E-state index in [4.69, 9.17) is 0 Å². The average Bonchev–Trinajstić information content (AvgIpc) is 2.99. The van der Waals surface area contributed by atoms with Gasteiger partial charge in [-0.05, 0) is 30.7 Å². The molecular weight excluding hydrogens is 250 g/mol. The van der Waals surface area contributed by atoms with Crippen LogP contribution >= 0.6 is 11.8 Å². The van der Waals surface area contributed by atoms with E-state index in [1.165, 1.54) is 18.6 Å². The third-order valence-electron chi connectivity index (χ3n) is 3.15. The van der Waals surface area contributed by atoms with Gasteiger partial charge in [0.25, 0.3) is 0 Å². The topological polar surface area (TPSA) is 67.5 Å². The monoisotopic (exact) mass is 263 g/mol. The molecule has 1 N–H and O–H groups in total. The Morgan fingerprint density at radius 3 is 3.11 bits per heavy atom. The summed E-state index contributed by atoms with van der Waals surface area (Å²) in [6.07, 6.45) is 3.20. The van der Waals surface area contributed by atoms with Gasteiger partial charge in [-0.15, -0.1) is 10.2 Å². The number of thioether (sulfide) groups is 1. The Morgan fingerprint density at radius 1 is 1.50 bits per heavy atom. The van der Waals surface area contributed by atoms with Crippen molar-refractivity contribution in [3.63, 3.8) is 0 Å². The normalized spacial score (nSPS) is 19.4. The Balaban J connectivity index is 2.03. The zero-order chi connectivity index (χ0) is 12.5. The Labute approximate surface area is 108 Å². The van der Waals surface area contributed by atoms with Crippen molar-refractivity contribution in [1.82, 2.24) is 14.6 Å². The molecule has 0 amide bonds. The van der Waals surface area contributed by atoms with Crippen LogP contribution in [0.3, 0.4) is 0 Å². The standard InChI is InChI=1S/C12H13N3O2S/c16-12(17)9-4-1-5-10-13-14-11(15(9)10)7-8-3-2-6-18-8/h1,4-5,8H,2-3,6-7H2,(H,16,17). The summed E-state index contributed by atoms with van der Waals surface area (Å²) in [5.74, 6) is 0.996. The number of carbonyl (C=O) groups is 1. The predicted molar refractivity (Wildman–Crippen MR) is 69.1 cm³/mol. The number of nitrogens with zero attached hydrogens (tertiary/aromatic N) is 3. The molecule has 1 fully saturated rings. The number of aromatic carboxylic acids is 1. The summed E-state index contributed by atoms with van der Waals surface area (Å²) < 4.78 is 1.65. The summed E-state index contributed by atoms with van der Waals surface area (Å²) in [5.41, 5.74) is 0.836. The molecule has 1 atom stereocenters. The highest BCUT2D eigenvalue weighted by molar-refractivity contribution is 8.00. The molecule has 3 rings (SSSR count). The summed E-state index contributed by atoms with van der Waals surface area (Å²) in [4.78, 5) is 11.2. The largest absolute Gasteiger partial charge is 0.477 e. The van der Waals surface area contributed by atoms with Gasteiger partial charge in [-0.25, -0.2) is 4.79 Å². The fraction of sp³-hybridized carbons (Fsp3) is 0.417. The van der Waals surface area contributed by atoms with Crippen LogP contribution in [-0.4, -0.2) is 36.7 Å². The first-order valence-electron chi connectivity index (χ1n) is 5.93. The van der Waals surface area contributed by atoms with Crippen molar-refractivity contribution in [1.29, 1.82) is 0 Å². The summed E-state index contributed by atoms with van der Waals surface area (Å²) in [7, 11) is 0. The van der Waals surface area contributed by atoms with Crippen LogP contribution in [-0.2, 0) is 6.42 Å². The zero-order valence-corrected chi connectivity index (χ0v) is 10.6. The maximum absolute atomic E-state index is 11.2. The fourth-order valence-electron chi connectivity index (χ4n) is 2.31. The molecule has 0 aliphatic carbocycles. The second-order valence-corrected chi connectivity index (χ2v) is 5.77. The Hall–Kier alpha value is -1.56. The lowest BCUT2D eigenvalue weighted by Gasteiger charge is -2.08. The van der Waals surface area contributed by atoms with E-state index < -0.39 is 5.97 Å². The van der Waals surface area contributed by atoms with Crippen LogP contribution in [0.1, 0.15) is 29.2 Å². The molecule has 0 bridgehead atoms. The van der Waals surface area contributed by atoms with E-state index in [2.05, 4.69) is 10.2 Å². The molecule has 94 valence electrons. The quantitative estimate of drug-likeness (QED) is 0.915. The van der Waals surface area contributed by atoms with Gasteiger partial charge in [0.2, 0.25) is 0 Å². The van der Waals surface area contributed by atoms with Gasteiger partial charge in [-0.2, -0.15) is 11.8 Å². The molecule has 3 heterocycles. The molecule has 5 nitrogen and oxygen atoms in total. The molecule has 18 heavy (non-hydrogen) atoms. The lowest BCUT2D eigenvalue weighted by Crippen LogP contribution is -2.11. The maximum Gasteiger partial charge on any atom is 0.352 e. The third kappa shape index (κ3) is 1.96. The number of aromatic nitrogens is 3. The molecule has 6 heteroatoms. The number of rotatable bonds is 3. The lowest BCUT2D eigenvalue weighted by atomic mass is 10.2. The summed E-state index contributed by atoms with van der Waals surface area (Å²) in [6.45, 7) is 0. The molecule has 2 aromatic rings. The summed E-state index contributed by atoms with van der Waals surface area (Å²) in [6, 6.07) is 5.07. The molecule has 0 saturated carbocycles. The molecule has 0 spiro atoms. The van der Waals surface area contributed by atoms with Crippen LogP contribution in [0.25, 0.3) is 5.65 Å². The maximum atomic E-state index is 11.2. The number of carboxylic acid groups (broad SMARTS) is 1. The first kappa shape index (κ1) is 11.5. The summed E-state index contributed by atoms with van der Waals surface area (Å²) >= 11 is 1.93. The molecule has 1 saturated heterocycles. The van der Waals surface area contributed by atoms with Gasteiger partial charge in [0.15, 0.2) is 5.65 Å². The van der Waals surface area contributed by atoms with Crippen LogP contribution in [0, 0.1) is 0 Å². The molecule has 2 aromatic heterocycles. The number of hydrogen-bond donors (Lipinski definition) is 1. The van der Waals surface area contributed by atoms with E-state index in [9.17, 15) is 9.90 Å². The summed E-state index contributed by atoms with van der Waals surface area (Å²) in [5, 5.41) is 17.9. The van der Waals surface area contributed by atoms with Gasteiger partial charge >= 0.3 is 5.97 Å². The van der Waals surface area contributed by atoms with E-state index in [1.807, 2.05) is 11.8 Å². The average molecular weight is 263 g/mol. The van der Waals surface area contributed by atoms with Gasteiger partial charge in [0.05, 0.1) is 0 Å². The van der Waals surface area contributed by atoms with E-state index in [0.717, 1.165) is 12.2 Å². The van der Waals surface area contributed by atoms with Crippen molar-refractivity contribution in [2.75, 3.05) is 5.75 Å². The predicted octanol–water partition coefficient (Wildman–Crippen LogP) is 1.87. The van der Waals surface area contributed by atoms with Gasteiger partial charge in [-0.3, -0.25) is 4.40 Å². The minimum Gasteiger partial charge on any atom is -0.477 e. The van der Waals surface area contributed by atoms with Crippen LogP contribution in [0.15, 0.2) is 18.2 Å². The van der Waals surface area contributed by atoms with Crippen molar-refractivity contribution in [3.8, 4) is 0 Å². The Bertz CT molecular complexity index is 590. The smallest absolute Gasteiger partial charge is 0.352 e. The molecule has 1 aliphatic rings. The van der Waals surface area contributed by atoms with Crippen LogP contribution in [0.4, 0.5) is 0 Å².